The Bertz CT molecular complexity index is 1650. The third-order valence-electron chi connectivity index (χ3n) is 5.80. The van der Waals surface area contributed by atoms with E-state index in [0.717, 1.165) is 22.7 Å². The number of carbonyl (C=O) groups excluding carboxylic acids is 1. The Kier molecular flexibility index (Phi) is 8.31. The van der Waals surface area contributed by atoms with Gasteiger partial charge in [0.25, 0.3) is 5.91 Å². The number of amides is 1. The number of aliphatic hydroxyl groups excluding tert-OH is 1. The van der Waals surface area contributed by atoms with Crippen LogP contribution in [0.3, 0.4) is 0 Å². The first-order chi connectivity index (χ1) is 18.9. The van der Waals surface area contributed by atoms with Crippen LogP contribution in [0.25, 0.3) is 22.3 Å². The van der Waals surface area contributed by atoms with Gasteiger partial charge in [0.2, 0.25) is 10.0 Å². The van der Waals surface area contributed by atoms with Crippen LogP contribution in [0.2, 0.25) is 0 Å². The van der Waals surface area contributed by atoms with Crippen LogP contribution in [0.15, 0.2) is 59.0 Å². The summed E-state index contributed by atoms with van der Waals surface area (Å²) in [5.41, 5.74) is 1.06. The van der Waals surface area contributed by atoms with E-state index in [1.54, 1.807) is 44.2 Å². The Morgan fingerprint density at radius 1 is 1.05 bits per heavy atom. The molecule has 0 spiro atoms. The minimum Gasteiger partial charge on any atom is -0.489 e. The number of hydrogen-bond acceptors (Lipinski definition) is 7. The van der Waals surface area contributed by atoms with Crippen LogP contribution in [0, 0.1) is 11.6 Å². The van der Waals surface area contributed by atoms with Gasteiger partial charge in [-0.25, -0.2) is 17.2 Å². The van der Waals surface area contributed by atoms with Crippen LogP contribution in [-0.2, 0) is 10.0 Å². The van der Waals surface area contributed by atoms with Gasteiger partial charge in [0.15, 0.2) is 11.6 Å². The number of furan rings is 1. The summed E-state index contributed by atoms with van der Waals surface area (Å²) in [5, 5.41) is 12.5. The molecule has 212 valence electrons. The van der Waals surface area contributed by atoms with E-state index in [9.17, 15) is 27.1 Å². The zero-order chi connectivity index (χ0) is 29.2. The summed E-state index contributed by atoms with van der Waals surface area (Å²) in [7, 11) is -2.34. The smallest absolute Gasteiger partial charge is 0.255 e. The summed E-state index contributed by atoms with van der Waals surface area (Å²) in [5.74, 6) is -1.66. The first-order valence-corrected chi connectivity index (χ1v) is 14.1. The highest BCUT2D eigenvalue weighted by atomic mass is 32.2. The van der Waals surface area contributed by atoms with Gasteiger partial charge in [0, 0.05) is 30.1 Å². The SMILES string of the molecule is CNC(=O)c1c(-c2ccc(Oc3ccc(F)c(F)c3)cc2)oc2cc(N(CCO)S(C)(=O)=O)c(OC(C)C)cc12. The van der Waals surface area contributed by atoms with Crippen molar-refractivity contribution in [1.82, 2.24) is 5.32 Å². The first kappa shape index (κ1) is 28.8. The Labute approximate surface area is 230 Å². The Morgan fingerprint density at radius 3 is 2.30 bits per heavy atom. The monoisotopic (exact) mass is 574 g/mol. The molecule has 0 aliphatic rings. The standard InChI is InChI=1S/C28H28F2N2O7S/c1-16(2)37-25-14-20-24(15-23(25)32(11-12-33)40(4,35)36)39-27(26(20)28(34)31-3)17-5-7-18(8-6-17)38-19-9-10-21(29)22(30)13-19/h5-10,13-16,33H,11-12H2,1-4H3,(H,31,34). The fourth-order valence-electron chi connectivity index (χ4n) is 4.12. The quantitative estimate of drug-likeness (QED) is 0.271. The second-order valence-corrected chi connectivity index (χ2v) is 11.0. The number of nitrogens with zero attached hydrogens (tertiary/aromatic N) is 1. The van der Waals surface area contributed by atoms with E-state index in [4.69, 9.17) is 13.9 Å². The topological polar surface area (TPSA) is 118 Å². The minimum absolute atomic E-state index is 0.102. The molecule has 1 heterocycles. The number of benzene rings is 3. The second-order valence-electron chi connectivity index (χ2n) is 9.13. The number of ether oxygens (including phenoxy) is 2. The minimum atomic E-state index is -3.81. The molecular weight excluding hydrogens is 546 g/mol. The normalized spacial score (nSPS) is 11.6. The van der Waals surface area contributed by atoms with Crippen LogP contribution in [0.5, 0.6) is 17.2 Å². The lowest BCUT2D eigenvalue weighted by atomic mass is 10.0. The molecule has 40 heavy (non-hydrogen) atoms. The van der Waals surface area contributed by atoms with Crippen LogP contribution >= 0.6 is 0 Å². The molecule has 0 radical (unpaired) electrons. The predicted octanol–water partition coefficient (Wildman–Crippen LogP) is 5.08. The number of halogens is 2. The lowest BCUT2D eigenvalue weighted by Gasteiger charge is -2.25. The molecule has 1 amide bonds. The molecule has 0 aliphatic heterocycles. The summed E-state index contributed by atoms with van der Waals surface area (Å²) in [6, 6.07) is 12.6. The van der Waals surface area contributed by atoms with Crippen LogP contribution in [0.1, 0.15) is 24.2 Å². The molecule has 3 aromatic carbocycles. The highest BCUT2D eigenvalue weighted by Gasteiger charge is 2.27. The molecule has 1 aromatic heterocycles. The third-order valence-corrected chi connectivity index (χ3v) is 6.98. The molecule has 2 N–H and O–H groups in total. The Balaban J connectivity index is 1.84. The van der Waals surface area contributed by atoms with Crippen molar-refractivity contribution < 1.29 is 41.0 Å². The van der Waals surface area contributed by atoms with Crippen molar-refractivity contribution in [2.24, 2.45) is 0 Å². The number of anilines is 1. The lowest BCUT2D eigenvalue weighted by molar-refractivity contribution is 0.0964. The maximum atomic E-state index is 13.5. The number of sulfonamides is 1. The van der Waals surface area contributed by atoms with Gasteiger partial charge in [-0.1, -0.05) is 0 Å². The predicted molar refractivity (Wildman–Crippen MR) is 147 cm³/mol. The average Bonchev–Trinajstić information content (AvgIpc) is 3.26. The van der Waals surface area contributed by atoms with E-state index < -0.39 is 34.2 Å². The van der Waals surface area contributed by atoms with E-state index >= 15 is 0 Å². The molecule has 0 saturated carbocycles. The van der Waals surface area contributed by atoms with Crippen molar-refractivity contribution in [2.45, 2.75) is 20.0 Å². The van der Waals surface area contributed by atoms with Gasteiger partial charge in [0.1, 0.15) is 28.6 Å². The largest absolute Gasteiger partial charge is 0.489 e. The summed E-state index contributed by atoms with van der Waals surface area (Å²) in [6.07, 6.45) is 0.683. The van der Waals surface area contributed by atoms with Crippen LogP contribution in [0.4, 0.5) is 14.5 Å². The maximum Gasteiger partial charge on any atom is 0.255 e. The van der Waals surface area contributed by atoms with Gasteiger partial charge in [-0.3, -0.25) is 9.10 Å². The Hall–Kier alpha value is -4.16. The summed E-state index contributed by atoms with van der Waals surface area (Å²) in [4.78, 5) is 13.0. The van der Waals surface area contributed by atoms with Crippen molar-refractivity contribution in [1.29, 1.82) is 0 Å². The van der Waals surface area contributed by atoms with Gasteiger partial charge in [0.05, 0.1) is 36.8 Å². The van der Waals surface area contributed by atoms with Gasteiger partial charge in [-0.2, -0.15) is 0 Å². The lowest BCUT2D eigenvalue weighted by Crippen LogP contribution is -2.33. The van der Waals surface area contributed by atoms with Gasteiger partial charge in [-0.15, -0.1) is 0 Å². The van der Waals surface area contributed by atoms with Crippen LogP contribution in [-0.4, -0.2) is 52.0 Å². The average molecular weight is 575 g/mol. The number of fused-ring (bicyclic) bond motifs is 1. The first-order valence-electron chi connectivity index (χ1n) is 12.2. The van der Waals surface area contributed by atoms with Gasteiger partial charge >= 0.3 is 0 Å². The van der Waals surface area contributed by atoms with Gasteiger partial charge in [-0.05, 0) is 56.3 Å². The fourth-order valence-corrected chi connectivity index (χ4v) is 5.03. The molecule has 4 aromatic rings. The molecule has 0 atom stereocenters. The summed E-state index contributed by atoms with van der Waals surface area (Å²) in [6.45, 7) is 2.90. The maximum absolute atomic E-state index is 13.5. The molecule has 0 unspecified atom stereocenters. The van der Waals surface area contributed by atoms with Crippen molar-refractivity contribution in [3.63, 3.8) is 0 Å². The molecule has 0 saturated heterocycles. The molecule has 4 rings (SSSR count). The zero-order valence-corrected chi connectivity index (χ0v) is 23.0. The second kappa shape index (κ2) is 11.5. The van der Waals surface area contributed by atoms with E-state index in [0.29, 0.717) is 16.7 Å². The molecule has 0 bridgehead atoms. The highest BCUT2D eigenvalue weighted by Crippen LogP contribution is 2.41. The van der Waals surface area contributed by atoms with Crippen molar-refractivity contribution in [3.05, 3.63) is 71.8 Å². The summed E-state index contributed by atoms with van der Waals surface area (Å²) >= 11 is 0. The molecule has 12 heteroatoms. The number of nitrogens with one attached hydrogen (secondary N) is 1. The highest BCUT2D eigenvalue weighted by molar-refractivity contribution is 7.92. The van der Waals surface area contributed by atoms with Crippen molar-refractivity contribution in [2.75, 3.05) is 30.8 Å². The number of carbonyl (C=O) groups is 1. The Morgan fingerprint density at radius 2 is 1.73 bits per heavy atom. The third kappa shape index (κ3) is 6.02. The number of aliphatic hydroxyl groups is 1. The molecule has 9 nitrogen and oxygen atoms in total. The molecular formula is C28H28F2N2O7S. The zero-order valence-electron chi connectivity index (χ0n) is 22.2. The van der Waals surface area contributed by atoms with E-state index in [1.165, 1.54) is 19.2 Å². The van der Waals surface area contributed by atoms with Crippen molar-refractivity contribution >= 4 is 32.6 Å². The summed E-state index contributed by atoms with van der Waals surface area (Å²) < 4.78 is 70.5. The van der Waals surface area contributed by atoms with E-state index in [2.05, 4.69) is 5.32 Å². The number of hydrogen-bond donors (Lipinski definition) is 2. The molecule has 0 aliphatic carbocycles. The van der Waals surface area contributed by atoms with E-state index in [1.807, 2.05) is 0 Å². The van der Waals surface area contributed by atoms with Crippen LogP contribution < -0.4 is 19.1 Å². The fraction of sp³-hybridized carbons (Fsp3) is 0.250. The van der Waals surface area contributed by atoms with Crippen molar-refractivity contribution in [3.8, 4) is 28.6 Å². The van der Waals surface area contributed by atoms with Gasteiger partial charge < -0.3 is 24.3 Å². The van der Waals surface area contributed by atoms with E-state index in [-0.39, 0.29) is 46.7 Å². The number of rotatable bonds is 10. The molecule has 0 fully saturated rings.